The Hall–Kier alpha value is -0.520. The molecule has 2 nitrogen and oxygen atoms in total. The normalized spacial score (nSPS) is 38.1. The molecule has 0 N–H and O–H groups in total. The molecule has 0 aromatic rings. The molecule has 2 heteroatoms. The largest absolute Gasteiger partial charge is 0.354 e. The van der Waals surface area contributed by atoms with Crippen LogP contribution in [0.15, 0.2) is 0 Å². The summed E-state index contributed by atoms with van der Waals surface area (Å²) < 4.78 is 10.5. The average molecular weight is 154 g/mol. The molecule has 1 unspecified atom stereocenters. The number of ether oxygens (including phenoxy) is 2. The van der Waals surface area contributed by atoms with Gasteiger partial charge in [-0.05, 0) is 19.8 Å². The van der Waals surface area contributed by atoms with Crippen LogP contribution in [0.4, 0.5) is 0 Å². The molecule has 1 rings (SSSR count). The maximum Gasteiger partial charge on any atom is 0.173 e. The summed E-state index contributed by atoms with van der Waals surface area (Å²) in [7, 11) is 1.63. The van der Waals surface area contributed by atoms with Crippen LogP contribution in [0.5, 0.6) is 0 Å². The van der Waals surface area contributed by atoms with Crippen molar-refractivity contribution in [3.05, 3.63) is 0 Å². The fourth-order valence-electron chi connectivity index (χ4n) is 1.40. The predicted molar refractivity (Wildman–Crippen MR) is 42.9 cm³/mol. The molecule has 1 fully saturated rings. The Bertz CT molecular complexity index is 171. The number of hydrogen-bond acceptors (Lipinski definition) is 2. The van der Waals surface area contributed by atoms with Crippen LogP contribution in [0.25, 0.3) is 0 Å². The van der Waals surface area contributed by atoms with Gasteiger partial charge < -0.3 is 9.47 Å². The van der Waals surface area contributed by atoms with E-state index in [0.29, 0.717) is 0 Å². The van der Waals surface area contributed by atoms with E-state index in [9.17, 15) is 0 Å². The summed E-state index contributed by atoms with van der Waals surface area (Å²) in [5.41, 5.74) is -0.229. The van der Waals surface area contributed by atoms with Gasteiger partial charge in [0.1, 0.15) is 0 Å². The summed E-state index contributed by atoms with van der Waals surface area (Å²) in [6, 6.07) is 0. The molecule has 62 valence electrons. The van der Waals surface area contributed by atoms with Gasteiger partial charge in [-0.3, -0.25) is 0 Å². The third kappa shape index (κ3) is 1.55. The second-order valence-corrected chi connectivity index (χ2v) is 3.10. The predicted octanol–water partition coefficient (Wildman–Crippen LogP) is 1.41. The highest BCUT2D eigenvalue weighted by molar-refractivity contribution is 5.06. The van der Waals surface area contributed by atoms with Gasteiger partial charge in [0.2, 0.25) is 0 Å². The Labute approximate surface area is 67.9 Å². The summed E-state index contributed by atoms with van der Waals surface area (Å²) in [5, 5.41) is 0. The van der Waals surface area contributed by atoms with Crippen LogP contribution < -0.4 is 0 Å². The SMILES string of the molecule is C#CC1(C)CCCO[C@@H]1OC. The maximum absolute atomic E-state index is 5.39. The zero-order chi connectivity index (χ0) is 8.32. The third-order valence-corrected chi connectivity index (χ3v) is 2.17. The molecule has 0 amide bonds. The quantitative estimate of drug-likeness (QED) is 0.532. The van der Waals surface area contributed by atoms with Crippen molar-refractivity contribution in [1.29, 1.82) is 0 Å². The first kappa shape index (κ1) is 8.58. The molecule has 0 aromatic carbocycles. The minimum Gasteiger partial charge on any atom is -0.354 e. The first-order valence-corrected chi connectivity index (χ1v) is 3.85. The van der Waals surface area contributed by atoms with Gasteiger partial charge in [-0.25, -0.2) is 0 Å². The van der Waals surface area contributed by atoms with Crippen LogP contribution in [0, 0.1) is 17.8 Å². The van der Waals surface area contributed by atoms with E-state index in [0.717, 1.165) is 19.4 Å². The van der Waals surface area contributed by atoms with Crippen molar-refractivity contribution in [2.75, 3.05) is 13.7 Å². The van der Waals surface area contributed by atoms with Crippen LogP contribution >= 0.6 is 0 Å². The lowest BCUT2D eigenvalue weighted by atomic mass is 9.84. The van der Waals surface area contributed by atoms with Crippen LogP contribution in [0.2, 0.25) is 0 Å². The van der Waals surface area contributed by atoms with Gasteiger partial charge in [-0.1, -0.05) is 5.92 Å². The lowest BCUT2D eigenvalue weighted by Gasteiger charge is -2.35. The second-order valence-electron chi connectivity index (χ2n) is 3.10. The lowest BCUT2D eigenvalue weighted by molar-refractivity contribution is -0.195. The molecule has 0 aliphatic carbocycles. The van der Waals surface area contributed by atoms with Crippen molar-refractivity contribution in [3.63, 3.8) is 0 Å². The third-order valence-electron chi connectivity index (χ3n) is 2.17. The Morgan fingerprint density at radius 1 is 1.73 bits per heavy atom. The maximum atomic E-state index is 5.39. The van der Waals surface area contributed by atoms with E-state index in [1.54, 1.807) is 7.11 Å². The van der Waals surface area contributed by atoms with E-state index in [-0.39, 0.29) is 11.7 Å². The van der Waals surface area contributed by atoms with Crippen LogP contribution in [-0.4, -0.2) is 20.0 Å². The fourth-order valence-corrected chi connectivity index (χ4v) is 1.40. The van der Waals surface area contributed by atoms with Gasteiger partial charge in [0.25, 0.3) is 0 Å². The van der Waals surface area contributed by atoms with Gasteiger partial charge in [-0.2, -0.15) is 0 Å². The summed E-state index contributed by atoms with van der Waals surface area (Å²) in [6.07, 6.45) is 7.19. The van der Waals surface area contributed by atoms with Gasteiger partial charge >= 0.3 is 0 Å². The Morgan fingerprint density at radius 2 is 2.45 bits per heavy atom. The highest BCUT2D eigenvalue weighted by Crippen LogP contribution is 2.33. The first-order chi connectivity index (χ1) is 5.23. The molecule has 0 bridgehead atoms. The summed E-state index contributed by atoms with van der Waals surface area (Å²) in [4.78, 5) is 0. The molecule has 1 saturated heterocycles. The molecular weight excluding hydrogens is 140 g/mol. The minimum absolute atomic E-state index is 0.221. The van der Waals surface area contributed by atoms with Crippen LogP contribution in [0.1, 0.15) is 19.8 Å². The van der Waals surface area contributed by atoms with Gasteiger partial charge in [0, 0.05) is 13.7 Å². The van der Waals surface area contributed by atoms with Crippen molar-refractivity contribution in [1.82, 2.24) is 0 Å². The molecule has 0 radical (unpaired) electrons. The Kier molecular flexibility index (Phi) is 2.53. The van der Waals surface area contributed by atoms with Crippen molar-refractivity contribution >= 4 is 0 Å². The number of rotatable bonds is 1. The fraction of sp³-hybridized carbons (Fsp3) is 0.778. The van der Waals surface area contributed by atoms with Crippen molar-refractivity contribution in [3.8, 4) is 12.3 Å². The molecule has 0 aromatic heterocycles. The molecule has 1 heterocycles. The van der Waals surface area contributed by atoms with E-state index in [1.165, 1.54) is 0 Å². The van der Waals surface area contributed by atoms with E-state index in [1.807, 2.05) is 6.92 Å². The molecule has 0 saturated carbocycles. The Balaban J connectivity index is 2.67. The molecule has 2 atom stereocenters. The van der Waals surface area contributed by atoms with Gasteiger partial charge in [-0.15, -0.1) is 6.42 Å². The average Bonchev–Trinajstić information content (AvgIpc) is 2.05. The molecule has 1 aliphatic heterocycles. The van der Waals surface area contributed by atoms with E-state index < -0.39 is 0 Å². The summed E-state index contributed by atoms with van der Waals surface area (Å²) in [6.45, 7) is 2.76. The monoisotopic (exact) mass is 154 g/mol. The van der Waals surface area contributed by atoms with E-state index in [2.05, 4.69) is 5.92 Å². The highest BCUT2D eigenvalue weighted by Gasteiger charge is 2.36. The van der Waals surface area contributed by atoms with E-state index >= 15 is 0 Å². The zero-order valence-corrected chi connectivity index (χ0v) is 7.09. The standard InChI is InChI=1S/C9H14O2/c1-4-9(2)6-5-7-11-8(9)10-3/h1,8H,5-7H2,2-3H3/t8-,9?/m0/s1. The summed E-state index contributed by atoms with van der Waals surface area (Å²) >= 11 is 0. The number of hydrogen-bond donors (Lipinski definition) is 0. The zero-order valence-electron chi connectivity index (χ0n) is 7.09. The molecule has 0 spiro atoms. The van der Waals surface area contributed by atoms with Gasteiger partial charge in [0.05, 0.1) is 5.41 Å². The number of terminal acetylenes is 1. The van der Waals surface area contributed by atoms with Crippen LogP contribution in [0.3, 0.4) is 0 Å². The minimum atomic E-state index is -0.229. The number of methoxy groups -OCH3 is 1. The molecule has 11 heavy (non-hydrogen) atoms. The van der Waals surface area contributed by atoms with Gasteiger partial charge in [0.15, 0.2) is 6.29 Å². The van der Waals surface area contributed by atoms with Crippen LogP contribution in [-0.2, 0) is 9.47 Å². The van der Waals surface area contributed by atoms with E-state index in [4.69, 9.17) is 15.9 Å². The molecular formula is C9H14O2. The summed E-state index contributed by atoms with van der Waals surface area (Å²) in [5.74, 6) is 2.73. The molecule has 1 aliphatic rings. The van der Waals surface area contributed by atoms with Crippen molar-refractivity contribution < 1.29 is 9.47 Å². The smallest absolute Gasteiger partial charge is 0.173 e. The topological polar surface area (TPSA) is 18.5 Å². The first-order valence-electron chi connectivity index (χ1n) is 3.85. The highest BCUT2D eigenvalue weighted by atomic mass is 16.7. The van der Waals surface area contributed by atoms with Crippen molar-refractivity contribution in [2.24, 2.45) is 5.41 Å². The Morgan fingerprint density at radius 3 is 2.91 bits per heavy atom. The second kappa shape index (κ2) is 3.25. The van der Waals surface area contributed by atoms with Crippen molar-refractivity contribution in [2.45, 2.75) is 26.1 Å². The lowest BCUT2D eigenvalue weighted by Crippen LogP contribution is -2.39.